The highest BCUT2D eigenvalue weighted by atomic mass is 79.9. The van der Waals surface area contributed by atoms with Gasteiger partial charge in [-0.15, -0.1) is 0 Å². The molecule has 5 nitrogen and oxygen atoms in total. The Morgan fingerprint density at radius 3 is 2.38 bits per heavy atom. The van der Waals surface area contributed by atoms with Gasteiger partial charge in [0.1, 0.15) is 17.1 Å². The van der Waals surface area contributed by atoms with Gasteiger partial charge in [-0.05, 0) is 66.8 Å². The predicted octanol–water partition coefficient (Wildman–Crippen LogP) is 5.19. The van der Waals surface area contributed by atoms with E-state index in [2.05, 4.69) is 21.2 Å². The van der Waals surface area contributed by atoms with E-state index in [0.717, 1.165) is 10.0 Å². The van der Waals surface area contributed by atoms with Crippen molar-refractivity contribution in [2.24, 2.45) is 0 Å². The van der Waals surface area contributed by atoms with E-state index in [1.165, 1.54) is 11.0 Å². The van der Waals surface area contributed by atoms with Crippen LogP contribution in [-0.4, -0.2) is 16.9 Å². The summed E-state index contributed by atoms with van der Waals surface area (Å²) >= 11 is 14.5. The number of amides is 2. The van der Waals surface area contributed by atoms with E-state index in [1.54, 1.807) is 36.4 Å². The van der Waals surface area contributed by atoms with Crippen LogP contribution < -0.4 is 10.2 Å². The molecule has 1 fully saturated rings. The van der Waals surface area contributed by atoms with Gasteiger partial charge in [-0.2, -0.15) is 0 Å². The summed E-state index contributed by atoms with van der Waals surface area (Å²) < 4.78 is 6.76. The molecule has 0 saturated carbocycles. The fourth-order valence-corrected chi connectivity index (χ4v) is 3.50. The first-order valence-electron chi connectivity index (χ1n) is 8.45. The second-order valence-electron chi connectivity index (χ2n) is 6.14. The van der Waals surface area contributed by atoms with E-state index in [1.807, 2.05) is 24.3 Å². The number of thiocarbonyl (C=S) groups is 1. The number of halogens is 2. The quantitative estimate of drug-likeness (QED) is 0.314. The molecule has 2 aromatic carbocycles. The normalized spacial score (nSPS) is 15.7. The van der Waals surface area contributed by atoms with Crippen molar-refractivity contribution < 1.29 is 14.0 Å². The third-order valence-electron chi connectivity index (χ3n) is 4.23. The third-order valence-corrected chi connectivity index (χ3v) is 5.29. The zero-order valence-corrected chi connectivity index (χ0v) is 17.8. The summed E-state index contributed by atoms with van der Waals surface area (Å²) in [6, 6.07) is 17.7. The van der Waals surface area contributed by atoms with Crippen LogP contribution in [-0.2, 0) is 9.59 Å². The first-order valence-corrected chi connectivity index (χ1v) is 10.0. The lowest BCUT2D eigenvalue weighted by molar-refractivity contribution is -0.122. The van der Waals surface area contributed by atoms with Crippen LogP contribution in [0.3, 0.4) is 0 Å². The molecule has 4 rings (SSSR count). The predicted molar refractivity (Wildman–Crippen MR) is 119 cm³/mol. The van der Waals surface area contributed by atoms with Crippen molar-refractivity contribution in [3.05, 3.63) is 81.5 Å². The fourth-order valence-electron chi connectivity index (χ4n) is 2.82. The van der Waals surface area contributed by atoms with Gasteiger partial charge in [-0.25, -0.2) is 0 Å². The zero-order chi connectivity index (χ0) is 20.5. The lowest BCUT2D eigenvalue weighted by atomic mass is 10.1. The summed E-state index contributed by atoms with van der Waals surface area (Å²) in [6.07, 6.45) is 1.41. The van der Waals surface area contributed by atoms with Crippen LogP contribution in [0.4, 0.5) is 5.69 Å². The van der Waals surface area contributed by atoms with Crippen molar-refractivity contribution in [2.45, 2.75) is 0 Å². The molecule has 0 unspecified atom stereocenters. The SMILES string of the molecule is O=C1NC(=S)N(c2ccc(Cl)cc2)C(=O)C1=Cc1ccc(-c2ccc(Br)cc2)o1. The van der Waals surface area contributed by atoms with Crippen LogP contribution in [0.15, 0.2) is 75.1 Å². The zero-order valence-electron chi connectivity index (χ0n) is 14.7. The molecule has 144 valence electrons. The molecule has 1 N–H and O–H groups in total. The number of anilines is 1. The number of nitrogens with one attached hydrogen (secondary N) is 1. The van der Waals surface area contributed by atoms with E-state index in [4.69, 9.17) is 28.2 Å². The van der Waals surface area contributed by atoms with Gasteiger partial charge >= 0.3 is 0 Å². The van der Waals surface area contributed by atoms with Crippen LogP contribution in [0.25, 0.3) is 17.4 Å². The van der Waals surface area contributed by atoms with Gasteiger partial charge in [0.15, 0.2) is 5.11 Å². The number of furan rings is 1. The van der Waals surface area contributed by atoms with E-state index in [0.29, 0.717) is 22.2 Å². The van der Waals surface area contributed by atoms with Crippen molar-refractivity contribution in [3.63, 3.8) is 0 Å². The van der Waals surface area contributed by atoms with Crippen LogP contribution in [0.5, 0.6) is 0 Å². The minimum atomic E-state index is -0.577. The monoisotopic (exact) mass is 486 g/mol. The van der Waals surface area contributed by atoms with Gasteiger partial charge in [0, 0.05) is 15.1 Å². The van der Waals surface area contributed by atoms with Gasteiger partial charge in [0.25, 0.3) is 11.8 Å². The number of benzene rings is 2. The highest BCUT2D eigenvalue weighted by molar-refractivity contribution is 9.10. The van der Waals surface area contributed by atoms with Crippen LogP contribution >= 0.6 is 39.7 Å². The van der Waals surface area contributed by atoms with Crippen LogP contribution in [0, 0.1) is 0 Å². The first kappa shape index (κ1) is 19.6. The lowest BCUT2D eigenvalue weighted by Crippen LogP contribution is -2.54. The smallest absolute Gasteiger partial charge is 0.270 e. The number of rotatable bonds is 3. The van der Waals surface area contributed by atoms with E-state index < -0.39 is 11.8 Å². The maximum atomic E-state index is 13.0. The first-order chi connectivity index (χ1) is 13.9. The Labute approximate surface area is 185 Å². The van der Waals surface area contributed by atoms with Crippen molar-refractivity contribution in [1.82, 2.24) is 5.32 Å². The molecule has 29 heavy (non-hydrogen) atoms. The second kappa shape index (κ2) is 7.94. The van der Waals surface area contributed by atoms with Gasteiger partial charge in [-0.1, -0.05) is 39.7 Å². The fraction of sp³-hybridized carbons (Fsp3) is 0. The van der Waals surface area contributed by atoms with Crippen molar-refractivity contribution in [2.75, 3.05) is 4.90 Å². The Balaban J connectivity index is 1.66. The number of carbonyl (C=O) groups is 2. The average molecular weight is 488 g/mol. The van der Waals surface area contributed by atoms with Crippen molar-refractivity contribution in [1.29, 1.82) is 0 Å². The van der Waals surface area contributed by atoms with Crippen LogP contribution in [0.2, 0.25) is 5.02 Å². The Kier molecular flexibility index (Phi) is 5.36. The van der Waals surface area contributed by atoms with Gasteiger partial charge in [-0.3, -0.25) is 19.8 Å². The molecule has 0 radical (unpaired) electrons. The highest BCUT2D eigenvalue weighted by Crippen LogP contribution is 2.27. The Morgan fingerprint density at radius 1 is 1.00 bits per heavy atom. The Hall–Kier alpha value is -2.74. The molecule has 3 aromatic rings. The molecule has 8 heteroatoms. The molecule has 0 aliphatic carbocycles. The lowest BCUT2D eigenvalue weighted by Gasteiger charge is -2.28. The molecule has 1 saturated heterocycles. The van der Waals surface area contributed by atoms with E-state index >= 15 is 0 Å². The number of hydrogen-bond donors (Lipinski definition) is 1. The summed E-state index contributed by atoms with van der Waals surface area (Å²) in [4.78, 5) is 26.6. The molecule has 2 amide bonds. The van der Waals surface area contributed by atoms with Crippen LogP contribution in [0.1, 0.15) is 5.76 Å². The molecule has 0 spiro atoms. The largest absolute Gasteiger partial charge is 0.457 e. The Bertz CT molecular complexity index is 1150. The summed E-state index contributed by atoms with van der Waals surface area (Å²) in [5.41, 5.74) is 1.30. The number of carbonyl (C=O) groups excluding carboxylic acids is 2. The van der Waals surface area contributed by atoms with Gasteiger partial charge in [0.05, 0.1) is 5.69 Å². The molecule has 1 aromatic heterocycles. The number of nitrogens with zero attached hydrogens (tertiary/aromatic N) is 1. The summed E-state index contributed by atoms with van der Waals surface area (Å²) in [6.45, 7) is 0. The average Bonchev–Trinajstić information content (AvgIpc) is 3.16. The molecular weight excluding hydrogens is 476 g/mol. The molecule has 1 aliphatic heterocycles. The molecule has 0 atom stereocenters. The van der Waals surface area contributed by atoms with Gasteiger partial charge in [0.2, 0.25) is 0 Å². The molecular formula is C21H12BrClN2O3S. The van der Waals surface area contributed by atoms with E-state index in [-0.39, 0.29) is 10.7 Å². The standard InChI is InChI=1S/C21H12BrClN2O3S/c22-13-3-1-12(2-4-13)18-10-9-16(28-18)11-17-19(26)24-21(29)25(20(17)27)15-7-5-14(23)6-8-15/h1-11H,(H,24,26,29). The third kappa shape index (κ3) is 4.03. The maximum Gasteiger partial charge on any atom is 0.270 e. The van der Waals surface area contributed by atoms with Crippen molar-refractivity contribution >= 4 is 68.4 Å². The van der Waals surface area contributed by atoms with Gasteiger partial charge < -0.3 is 4.42 Å². The minimum absolute atomic E-state index is 0.00877. The minimum Gasteiger partial charge on any atom is -0.457 e. The van der Waals surface area contributed by atoms with E-state index in [9.17, 15) is 9.59 Å². The molecule has 0 bridgehead atoms. The highest BCUT2D eigenvalue weighted by Gasteiger charge is 2.34. The molecule has 1 aliphatic rings. The summed E-state index contributed by atoms with van der Waals surface area (Å²) in [7, 11) is 0. The molecule has 2 heterocycles. The second-order valence-corrected chi connectivity index (χ2v) is 7.88. The topological polar surface area (TPSA) is 62.6 Å². The van der Waals surface area contributed by atoms with Crippen molar-refractivity contribution in [3.8, 4) is 11.3 Å². The number of hydrogen-bond acceptors (Lipinski definition) is 4. The summed E-state index contributed by atoms with van der Waals surface area (Å²) in [5, 5.41) is 3.07. The summed E-state index contributed by atoms with van der Waals surface area (Å²) in [5.74, 6) is -0.113. The Morgan fingerprint density at radius 2 is 1.69 bits per heavy atom. The maximum absolute atomic E-state index is 13.0.